The SMILES string of the molecule is Cc1ccc(N2c3cccc(C(=O)Nc4ccc(OC(F)(F)F)cc4)c3OCC2CO)nc1. The van der Waals surface area contributed by atoms with E-state index >= 15 is 0 Å². The van der Waals surface area contributed by atoms with Crippen LogP contribution >= 0.6 is 0 Å². The van der Waals surface area contributed by atoms with E-state index in [-0.39, 0.29) is 24.5 Å². The van der Waals surface area contributed by atoms with Gasteiger partial charge in [-0.15, -0.1) is 13.2 Å². The zero-order chi connectivity index (χ0) is 23.6. The topological polar surface area (TPSA) is 83.9 Å². The van der Waals surface area contributed by atoms with Gasteiger partial charge in [0.25, 0.3) is 5.91 Å². The summed E-state index contributed by atoms with van der Waals surface area (Å²) in [6.07, 6.45) is -3.09. The van der Waals surface area contributed by atoms with Crippen LogP contribution in [0.1, 0.15) is 15.9 Å². The number of aliphatic hydroxyl groups is 1. The first-order valence-corrected chi connectivity index (χ1v) is 10.0. The maximum atomic E-state index is 13.0. The number of alkyl halides is 3. The molecule has 1 amide bonds. The smallest absolute Gasteiger partial charge is 0.488 e. The molecule has 1 atom stereocenters. The van der Waals surface area contributed by atoms with Crippen LogP contribution in [0, 0.1) is 6.92 Å². The Morgan fingerprint density at radius 3 is 2.61 bits per heavy atom. The van der Waals surface area contributed by atoms with Gasteiger partial charge in [-0.1, -0.05) is 12.1 Å². The van der Waals surface area contributed by atoms with Gasteiger partial charge >= 0.3 is 6.36 Å². The predicted octanol–water partition coefficient (Wildman–Crippen LogP) is 4.43. The number of nitrogens with one attached hydrogen (secondary N) is 1. The molecule has 10 heteroatoms. The average Bonchev–Trinajstić information content (AvgIpc) is 2.79. The first-order chi connectivity index (χ1) is 15.7. The van der Waals surface area contributed by atoms with E-state index in [0.717, 1.165) is 17.7 Å². The van der Waals surface area contributed by atoms with Gasteiger partial charge in [0.05, 0.1) is 23.9 Å². The molecule has 2 aromatic carbocycles. The van der Waals surface area contributed by atoms with E-state index in [1.807, 2.05) is 24.0 Å². The molecule has 1 aliphatic rings. The predicted molar refractivity (Wildman–Crippen MR) is 115 cm³/mol. The Labute approximate surface area is 187 Å². The van der Waals surface area contributed by atoms with Crippen LogP contribution in [0.3, 0.4) is 0 Å². The lowest BCUT2D eigenvalue weighted by atomic mass is 10.1. The Kier molecular flexibility index (Phi) is 6.10. The number of nitrogens with zero attached hydrogens (tertiary/aromatic N) is 2. The second-order valence-corrected chi connectivity index (χ2v) is 7.39. The molecule has 0 bridgehead atoms. The van der Waals surface area contributed by atoms with E-state index in [4.69, 9.17) is 4.74 Å². The lowest BCUT2D eigenvalue weighted by molar-refractivity contribution is -0.274. The van der Waals surface area contributed by atoms with Gasteiger partial charge in [-0.2, -0.15) is 0 Å². The highest BCUT2D eigenvalue weighted by atomic mass is 19.4. The van der Waals surface area contributed by atoms with E-state index in [9.17, 15) is 23.1 Å². The van der Waals surface area contributed by atoms with Gasteiger partial charge in [0.1, 0.15) is 18.2 Å². The molecule has 2 heterocycles. The molecule has 0 saturated carbocycles. The molecule has 0 fully saturated rings. The first kappa shape index (κ1) is 22.4. The zero-order valence-electron chi connectivity index (χ0n) is 17.5. The van der Waals surface area contributed by atoms with Crippen molar-refractivity contribution in [1.82, 2.24) is 4.98 Å². The third kappa shape index (κ3) is 5.01. The van der Waals surface area contributed by atoms with E-state index in [2.05, 4.69) is 15.0 Å². The highest BCUT2D eigenvalue weighted by Crippen LogP contribution is 2.41. The van der Waals surface area contributed by atoms with Crippen molar-refractivity contribution in [1.29, 1.82) is 0 Å². The maximum Gasteiger partial charge on any atom is 0.573 e. The average molecular weight is 459 g/mol. The van der Waals surface area contributed by atoms with Gasteiger partial charge in [0.15, 0.2) is 5.75 Å². The van der Waals surface area contributed by atoms with Crippen molar-refractivity contribution in [3.63, 3.8) is 0 Å². The minimum absolute atomic E-state index is 0.132. The number of anilines is 3. The molecule has 33 heavy (non-hydrogen) atoms. The summed E-state index contributed by atoms with van der Waals surface area (Å²) in [6.45, 7) is 1.86. The van der Waals surface area contributed by atoms with Crippen molar-refractivity contribution in [3.05, 3.63) is 71.9 Å². The summed E-state index contributed by atoms with van der Waals surface area (Å²) < 4.78 is 46.7. The minimum Gasteiger partial charge on any atom is -0.488 e. The van der Waals surface area contributed by atoms with Crippen molar-refractivity contribution in [3.8, 4) is 11.5 Å². The Hall–Kier alpha value is -3.79. The molecule has 1 aliphatic heterocycles. The Morgan fingerprint density at radius 2 is 1.97 bits per heavy atom. The fraction of sp³-hybridized carbons (Fsp3) is 0.217. The monoisotopic (exact) mass is 459 g/mol. The largest absolute Gasteiger partial charge is 0.573 e. The number of amides is 1. The molecule has 0 aliphatic carbocycles. The zero-order valence-corrected chi connectivity index (χ0v) is 17.5. The number of benzene rings is 2. The van der Waals surface area contributed by atoms with Gasteiger partial charge in [0.2, 0.25) is 0 Å². The molecule has 2 N–H and O–H groups in total. The number of rotatable bonds is 5. The fourth-order valence-corrected chi connectivity index (χ4v) is 3.48. The van der Waals surface area contributed by atoms with E-state index < -0.39 is 24.1 Å². The summed E-state index contributed by atoms with van der Waals surface area (Å²) in [5, 5.41) is 12.5. The number of aliphatic hydroxyl groups excluding tert-OH is 1. The van der Waals surface area contributed by atoms with E-state index in [1.165, 1.54) is 12.1 Å². The van der Waals surface area contributed by atoms with Gasteiger partial charge in [-0.25, -0.2) is 4.98 Å². The summed E-state index contributed by atoms with van der Waals surface area (Å²) in [5.41, 5.74) is 2.07. The molecule has 4 rings (SSSR count). The highest BCUT2D eigenvalue weighted by molar-refractivity contribution is 6.07. The molecule has 0 saturated heterocycles. The quantitative estimate of drug-likeness (QED) is 0.587. The fourth-order valence-electron chi connectivity index (χ4n) is 3.48. The van der Waals surface area contributed by atoms with Gasteiger partial charge in [0, 0.05) is 11.9 Å². The van der Waals surface area contributed by atoms with Crippen LogP contribution in [0.25, 0.3) is 0 Å². The number of fused-ring (bicyclic) bond motifs is 1. The molecular formula is C23H20F3N3O4. The number of para-hydroxylation sites is 1. The van der Waals surface area contributed by atoms with Crippen LogP contribution in [-0.4, -0.2) is 41.6 Å². The Morgan fingerprint density at radius 1 is 1.21 bits per heavy atom. The molecule has 7 nitrogen and oxygen atoms in total. The second-order valence-electron chi connectivity index (χ2n) is 7.39. The lowest BCUT2D eigenvalue weighted by Gasteiger charge is -2.37. The molecular weight excluding hydrogens is 439 g/mol. The normalized spacial score (nSPS) is 15.4. The highest BCUT2D eigenvalue weighted by Gasteiger charge is 2.32. The molecule has 1 aromatic heterocycles. The van der Waals surface area contributed by atoms with Crippen molar-refractivity contribution < 1.29 is 32.5 Å². The number of aryl methyl sites for hydroxylation is 1. The first-order valence-electron chi connectivity index (χ1n) is 10.0. The number of hydrogen-bond donors (Lipinski definition) is 2. The number of ether oxygens (including phenoxy) is 2. The van der Waals surface area contributed by atoms with Gasteiger partial charge < -0.3 is 24.8 Å². The molecule has 172 valence electrons. The van der Waals surface area contributed by atoms with Crippen LogP contribution in [0.5, 0.6) is 11.5 Å². The van der Waals surface area contributed by atoms with Crippen LogP contribution in [0.15, 0.2) is 60.8 Å². The summed E-state index contributed by atoms with van der Waals surface area (Å²) in [4.78, 5) is 19.2. The van der Waals surface area contributed by atoms with Crippen LogP contribution in [-0.2, 0) is 0 Å². The summed E-state index contributed by atoms with van der Waals surface area (Å²) >= 11 is 0. The van der Waals surface area contributed by atoms with Crippen LogP contribution in [0.2, 0.25) is 0 Å². The van der Waals surface area contributed by atoms with Crippen molar-refractivity contribution in [2.75, 3.05) is 23.4 Å². The number of pyridine rings is 1. The minimum atomic E-state index is -4.80. The molecule has 3 aromatic rings. The van der Waals surface area contributed by atoms with Crippen molar-refractivity contribution >= 4 is 23.1 Å². The molecule has 0 spiro atoms. The summed E-state index contributed by atoms with van der Waals surface area (Å²) in [7, 11) is 0. The number of halogens is 3. The maximum absolute atomic E-state index is 13.0. The van der Waals surface area contributed by atoms with Crippen molar-refractivity contribution in [2.45, 2.75) is 19.3 Å². The standard InChI is InChI=1S/C23H20F3N3O4/c1-14-5-10-20(27-11-14)29-16(12-30)13-32-21-18(3-2-4-19(21)29)22(31)28-15-6-8-17(9-7-15)33-23(24,25)26/h2-11,16,30H,12-13H2,1H3,(H,28,31). The second kappa shape index (κ2) is 8.99. The van der Waals surface area contributed by atoms with E-state index in [0.29, 0.717) is 17.3 Å². The number of hydrogen-bond acceptors (Lipinski definition) is 6. The van der Waals surface area contributed by atoms with Crippen LogP contribution in [0.4, 0.5) is 30.4 Å². The molecule has 1 unspecified atom stereocenters. The van der Waals surface area contributed by atoms with Gasteiger partial charge in [-0.3, -0.25) is 4.79 Å². The van der Waals surface area contributed by atoms with Crippen LogP contribution < -0.4 is 19.7 Å². The number of carbonyl (C=O) groups is 1. The van der Waals surface area contributed by atoms with E-state index in [1.54, 1.807) is 24.4 Å². The summed E-state index contributed by atoms with van der Waals surface area (Å²) in [5.74, 6) is 0.0222. The Bertz CT molecular complexity index is 1140. The third-order valence-corrected chi connectivity index (χ3v) is 4.98. The number of carbonyl (C=O) groups excluding carboxylic acids is 1. The van der Waals surface area contributed by atoms with Crippen molar-refractivity contribution in [2.24, 2.45) is 0 Å². The summed E-state index contributed by atoms with van der Waals surface area (Å²) in [6, 6.07) is 13.2. The third-order valence-electron chi connectivity index (χ3n) is 4.98. The Balaban J connectivity index is 1.60. The van der Waals surface area contributed by atoms with Gasteiger partial charge in [-0.05, 0) is 55.0 Å². The lowest BCUT2D eigenvalue weighted by Crippen LogP contribution is -2.43. The molecule has 0 radical (unpaired) electrons. The number of aromatic nitrogens is 1.